The maximum absolute atomic E-state index is 13.1. The van der Waals surface area contributed by atoms with Crippen molar-refractivity contribution in [1.82, 2.24) is 9.97 Å². The van der Waals surface area contributed by atoms with Crippen molar-refractivity contribution < 1.29 is 9.18 Å². The van der Waals surface area contributed by atoms with E-state index in [9.17, 15) is 9.18 Å². The fourth-order valence-electron chi connectivity index (χ4n) is 1.22. The van der Waals surface area contributed by atoms with Gasteiger partial charge in [-0.1, -0.05) is 17.7 Å². The lowest BCUT2D eigenvalue weighted by Crippen LogP contribution is -1.86. The summed E-state index contributed by atoms with van der Waals surface area (Å²) in [6, 6.07) is 4.41. The van der Waals surface area contributed by atoms with E-state index in [-0.39, 0.29) is 5.02 Å². The van der Waals surface area contributed by atoms with Crippen LogP contribution < -0.4 is 0 Å². The Kier molecular flexibility index (Phi) is 2.51. The average Bonchev–Trinajstić information content (AvgIpc) is 2.70. The molecule has 0 aliphatic heterocycles. The molecule has 0 aliphatic rings. The average molecular weight is 225 g/mol. The molecule has 1 heterocycles. The van der Waals surface area contributed by atoms with Gasteiger partial charge in [-0.2, -0.15) is 0 Å². The number of carbonyl (C=O) groups is 1. The Balaban J connectivity index is 2.53. The van der Waals surface area contributed by atoms with Gasteiger partial charge in [0.05, 0.1) is 16.9 Å². The molecular weight excluding hydrogens is 219 g/mol. The number of carbonyl (C=O) groups excluding carboxylic acids is 1. The van der Waals surface area contributed by atoms with Gasteiger partial charge in [-0.25, -0.2) is 9.37 Å². The minimum absolute atomic E-state index is 0.00991. The summed E-state index contributed by atoms with van der Waals surface area (Å²) in [6.07, 6.45) is 1.99. The normalized spacial score (nSPS) is 10.3. The van der Waals surface area contributed by atoms with E-state index in [2.05, 4.69) is 9.97 Å². The number of imidazole rings is 1. The Bertz CT molecular complexity index is 510. The summed E-state index contributed by atoms with van der Waals surface area (Å²) < 4.78 is 13.1. The summed E-state index contributed by atoms with van der Waals surface area (Å²) in [5.74, 6) is -0.139. The van der Waals surface area contributed by atoms with Crippen LogP contribution >= 0.6 is 11.6 Å². The summed E-state index contributed by atoms with van der Waals surface area (Å²) in [5, 5.41) is -0.00991. The molecule has 0 spiro atoms. The first-order valence-electron chi connectivity index (χ1n) is 4.17. The molecule has 3 nitrogen and oxygen atoms in total. The van der Waals surface area contributed by atoms with E-state index < -0.39 is 5.82 Å². The van der Waals surface area contributed by atoms with Crippen molar-refractivity contribution in [3.05, 3.63) is 40.9 Å². The zero-order valence-corrected chi connectivity index (χ0v) is 8.25. The lowest BCUT2D eigenvalue weighted by molar-refractivity contribution is 0.111. The number of hydrogen-bond donors (Lipinski definition) is 1. The van der Waals surface area contributed by atoms with Gasteiger partial charge in [-0.3, -0.25) is 4.79 Å². The predicted octanol–water partition coefficient (Wildman–Crippen LogP) is 2.68. The minimum atomic E-state index is -0.516. The number of benzene rings is 1. The monoisotopic (exact) mass is 224 g/mol. The molecular formula is C10H6ClFN2O. The molecule has 0 aliphatic carbocycles. The van der Waals surface area contributed by atoms with Gasteiger partial charge < -0.3 is 4.98 Å². The smallest absolute Gasteiger partial charge is 0.167 e. The van der Waals surface area contributed by atoms with Crippen LogP contribution in [0.15, 0.2) is 24.4 Å². The molecule has 0 amide bonds. The number of nitrogens with one attached hydrogen (secondary N) is 1. The Morgan fingerprint density at radius 1 is 1.47 bits per heavy atom. The van der Waals surface area contributed by atoms with Gasteiger partial charge in [0.15, 0.2) is 6.29 Å². The van der Waals surface area contributed by atoms with Crippen LogP contribution in [-0.2, 0) is 0 Å². The standard InChI is InChI=1S/C10H6ClFN2O/c11-9-7(2-1-3-8(9)12)10-13-4-6(5-15)14-10/h1-5H,(H,13,14). The van der Waals surface area contributed by atoms with Crippen LogP contribution in [-0.4, -0.2) is 16.3 Å². The van der Waals surface area contributed by atoms with Gasteiger partial charge in [0, 0.05) is 5.56 Å². The fourth-order valence-corrected chi connectivity index (χ4v) is 1.43. The van der Waals surface area contributed by atoms with Gasteiger partial charge in [0.2, 0.25) is 0 Å². The molecule has 0 saturated carbocycles. The number of hydrogen-bond acceptors (Lipinski definition) is 2. The summed E-state index contributed by atoms with van der Waals surface area (Å²) in [6.45, 7) is 0. The molecule has 0 radical (unpaired) electrons. The van der Waals surface area contributed by atoms with E-state index in [1.54, 1.807) is 6.07 Å². The first-order valence-corrected chi connectivity index (χ1v) is 4.54. The third-order valence-electron chi connectivity index (χ3n) is 1.93. The van der Waals surface area contributed by atoms with Gasteiger partial charge in [0.25, 0.3) is 0 Å². The third-order valence-corrected chi connectivity index (χ3v) is 2.31. The molecule has 2 aromatic rings. The van der Waals surface area contributed by atoms with E-state index in [1.807, 2.05) is 0 Å². The Hall–Kier alpha value is -1.68. The molecule has 2 rings (SSSR count). The van der Waals surface area contributed by atoms with E-state index in [0.29, 0.717) is 23.4 Å². The van der Waals surface area contributed by atoms with Crippen molar-refractivity contribution in [3.8, 4) is 11.4 Å². The van der Waals surface area contributed by atoms with E-state index >= 15 is 0 Å². The van der Waals surface area contributed by atoms with Gasteiger partial charge in [-0.05, 0) is 12.1 Å². The maximum atomic E-state index is 13.1. The predicted molar refractivity (Wildman–Crippen MR) is 54.4 cm³/mol. The number of aldehydes is 1. The second-order valence-electron chi connectivity index (χ2n) is 2.91. The summed E-state index contributed by atoms with van der Waals surface area (Å²) >= 11 is 5.76. The van der Waals surface area contributed by atoms with Crippen LogP contribution in [0, 0.1) is 5.82 Å². The minimum Gasteiger partial charge on any atom is -0.336 e. The number of rotatable bonds is 2. The molecule has 0 unspecified atom stereocenters. The molecule has 1 aromatic heterocycles. The number of aromatic amines is 1. The van der Waals surface area contributed by atoms with E-state index in [4.69, 9.17) is 11.6 Å². The molecule has 0 atom stereocenters. The highest BCUT2D eigenvalue weighted by Gasteiger charge is 2.10. The van der Waals surface area contributed by atoms with Crippen LogP contribution in [0.4, 0.5) is 4.39 Å². The van der Waals surface area contributed by atoms with Crippen molar-refractivity contribution >= 4 is 17.9 Å². The summed E-state index contributed by atoms with van der Waals surface area (Å²) in [7, 11) is 0. The van der Waals surface area contributed by atoms with Gasteiger partial charge in [0.1, 0.15) is 11.6 Å². The van der Waals surface area contributed by atoms with Gasteiger partial charge >= 0.3 is 0 Å². The summed E-state index contributed by atoms with van der Waals surface area (Å²) in [5.41, 5.74) is 0.759. The summed E-state index contributed by atoms with van der Waals surface area (Å²) in [4.78, 5) is 17.1. The van der Waals surface area contributed by atoms with Crippen LogP contribution in [0.5, 0.6) is 0 Å². The molecule has 5 heteroatoms. The van der Waals surface area contributed by atoms with Gasteiger partial charge in [-0.15, -0.1) is 0 Å². The molecule has 0 fully saturated rings. The topological polar surface area (TPSA) is 45.8 Å². The molecule has 1 aromatic carbocycles. The molecule has 15 heavy (non-hydrogen) atoms. The first kappa shape index (κ1) is 9.86. The zero-order valence-electron chi connectivity index (χ0n) is 7.50. The zero-order chi connectivity index (χ0) is 10.8. The lowest BCUT2D eigenvalue weighted by Gasteiger charge is -2.00. The highest BCUT2D eigenvalue weighted by atomic mass is 35.5. The maximum Gasteiger partial charge on any atom is 0.167 e. The first-order chi connectivity index (χ1) is 7.22. The number of halogens is 2. The van der Waals surface area contributed by atoms with Crippen LogP contribution in [0.25, 0.3) is 11.4 Å². The number of nitrogens with zero attached hydrogens (tertiary/aromatic N) is 1. The van der Waals surface area contributed by atoms with Crippen molar-refractivity contribution in [2.24, 2.45) is 0 Å². The van der Waals surface area contributed by atoms with E-state index in [0.717, 1.165) is 0 Å². The SMILES string of the molecule is O=Cc1cnc(-c2cccc(F)c2Cl)[nH]1. The van der Waals surface area contributed by atoms with Crippen LogP contribution in [0.2, 0.25) is 5.02 Å². The lowest BCUT2D eigenvalue weighted by atomic mass is 10.2. The molecule has 1 N–H and O–H groups in total. The Morgan fingerprint density at radius 2 is 2.27 bits per heavy atom. The fraction of sp³-hybridized carbons (Fsp3) is 0. The molecule has 0 saturated heterocycles. The van der Waals surface area contributed by atoms with Crippen molar-refractivity contribution in [1.29, 1.82) is 0 Å². The molecule has 76 valence electrons. The largest absolute Gasteiger partial charge is 0.336 e. The second-order valence-corrected chi connectivity index (χ2v) is 3.28. The highest BCUT2D eigenvalue weighted by Crippen LogP contribution is 2.27. The quantitative estimate of drug-likeness (QED) is 0.798. The third kappa shape index (κ3) is 1.76. The second kappa shape index (κ2) is 3.82. The molecule has 0 bridgehead atoms. The number of aromatic nitrogens is 2. The van der Waals surface area contributed by atoms with Crippen molar-refractivity contribution in [3.63, 3.8) is 0 Å². The van der Waals surface area contributed by atoms with E-state index in [1.165, 1.54) is 18.3 Å². The Labute approximate surface area is 89.9 Å². The van der Waals surface area contributed by atoms with Crippen molar-refractivity contribution in [2.75, 3.05) is 0 Å². The Morgan fingerprint density at radius 3 is 2.93 bits per heavy atom. The number of H-pyrrole nitrogens is 1. The van der Waals surface area contributed by atoms with Crippen LogP contribution in [0.1, 0.15) is 10.5 Å². The van der Waals surface area contributed by atoms with Crippen molar-refractivity contribution in [2.45, 2.75) is 0 Å². The highest BCUT2D eigenvalue weighted by molar-refractivity contribution is 6.33. The van der Waals surface area contributed by atoms with Crippen LogP contribution in [0.3, 0.4) is 0 Å².